The zero-order valence-electron chi connectivity index (χ0n) is 13.6. The summed E-state index contributed by atoms with van der Waals surface area (Å²) in [6, 6.07) is 2.43. The highest BCUT2D eigenvalue weighted by Crippen LogP contribution is 2.39. The predicted octanol–water partition coefficient (Wildman–Crippen LogP) is 4.23. The molecule has 6 heteroatoms. The van der Waals surface area contributed by atoms with Crippen LogP contribution < -0.4 is 5.32 Å². The predicted molar refractivity (Wildman–Crippen MR) is 82.7 cm³/mol. The van der Waals surface area contributed by atoms with Crippen LogP contribution in [0, 0.1) is 11.7 Å². The standard InChI is InChI=1S/C17H24F4N2/c1-12(2)3-6-16(23-9-7-22-8-10-23)14-11-13(18)4-5-15(14)17(19,20)21/h4-5,11-12,16,22H,3,6-10H2,1-2H3/t16-/m0/s1. The molecular formula is C17H24F4N2. The molecule has 23 heavy (non-hydrogen) atoms. The van der Waals surface area contributed by atoms with Crippen molar-refractivity contribution in [2.45, 2.75) is 38.9 Å². The Balaban J connectivity index is 2.38. The molecule has 0 aliphatic carbocycles. The Hall–Kier alpha value is -1.14. The zero-order valence-corrected chi connectivity index (χ0v) is 13.6. The summed E-state index contributed by atoms with van der Waals surface area (Å²) in [5.74, 6) is -0.221. The molecule has 1 aromatic rings. The summed E-state index contributed by atoms with van der Waals surface area (Å²) in [6.07, 6.45) is -3.06. The van der Waals surface area contributed by atoms with Gasteiger partial charge < -0.3 is 5.32 Å². The second kappa shape index (κ2) is 7.62. The van der Waals surface area contributed by atoms with Gasteiger partial charge in [0.15, 0.2) is 0 Å². The Morgan fingerprint density at radius 2 is 1.78 bits per heavy atom. The highest BCUT2D eigenvalue weighted by atomic mass is 19.4. The minimum absolute atomic E-state index is 0.0695. The Morgan fingerprint density at radius 3 is 2.35 bits per heavy atom. The van der Waals surface area contributed by atoms with Crippen molar-refractivity contribution in [3.05, 3.63) is 35.1 Å². The van der Waals surface area contributed by atoms with Crippen molar-refractivity contribution in [3.8, 4) is 0 Å². The maximum absolute atomic E-state index is 13.7. The minimum atomic E-state index is -4.47. The van der Waals surface area contributed by atoms with E-state index in [9.17, 15) is 17.6 Å². The molecule has 1 atom stereocenters. The third kappa shape index (κ3) is 4.91. The molecule has 1 heterocycles. The normalized spacial score (nSPS) is 18.4. The summed E-state index contributed by atoms with van der Waals surface area (Å²) < 4.78 is 53.7. The first-order valence-corrected chi connectivity index (χ1v) is 8.10. The van der Waals surface area contributed by atoms with Crippen LogP contribution in [0.25, 0.3) is 0 Å². The van der Waals surface area contributed by atoms with Gasteiger partial charge in [0.2, 0.25) is 0 Å². The molecule has 1 aliphatic rings. The number of nitrogens with one attached hydrogen (secondary N) is 1. The van der Waals surface area contributed by atoms with E-state index in [1.165, 1.54) is 0 Å². The highest BCUT2D eigenvalue weighted by Gasteiger charge is 2.37. The lowest BCUT2D eigenvalue weighted by Crippen LogP contribution is -2.45. The van der Waals surface area contributed by atoms with Crippen LogP contribution in [-0.2, 0) is 6.18 Å². The van der Waals surface area contributed by atoms with Gasteiger partial charge in [0.1, 0.15) is 5.82 Å². The number of rotatable bonds is 5. The van der Waals surface area contributed by atoms with E-state index in [0.717, 1.165) is 37.7 Å². The zero-order chi connectivity index (χ0) is 17.0. The molecule has 0 aromatic heterocycles. The van der Waals surface area contributed by atoms with Gasteiger partial charge in [-0.1, -0.05) is 13.8 Å². The number of alkyl halides is 3. The van der Waals surface area contributed by atoms with E-state index < -0.39 is 23.6 Å². The van der Waals surface area contributed by atoms with Crippen molar-refractivity contribution in [2.24, 2.45) is 5.92 Å². The molecule has 2 rings (SSSR count). The van der Waals surface area contributed by atoms with Gasteiger partial charge in [0.05, 0.1) is 5.56 Å². The molecule has 0 spiro atoms. The third-order valence-corrected chi connectivity index (χ3v) is 4.29. The molecular weight excluding hydrogens is 308 g/mol. The van der Waals surface area contributed by atoms with E-state index in [1.807, 2.05) is 18.7 Å². The molecule has 0 bridgehead atoms. The number of hydrogen-bond acceptors (Lipinski definition) is 2. The van der Waals surface area contributed by atoms with Gasteiger partial charge >= 0.3 is 6.18 Å². The van der Waals surface area contributed by atoms with Crippen LogP contribution in [0.5, 0.6) is 0 Å². The van der Waals surface area contributed by atoms with E-state index in [2.05, 4.69) is 5.32 Å². The van der Waals surface area contributed by atoms with Gasteiger partial charge in [-0.15, -0.1) is 0 Å². The van der Waals surface area contributed by atoms with Crippen LogP contribution in [0.3, 0.4) is 0 Å². The summed E-state index contributed by atoms with van der Waals surface area (Å²) in [5.41, 5.74) is -0.647. The second-order valence-electron chi connectivity index (χ2n) is 6.50. The topological polar surface area (TPSA) is 15.3 Å². The first-order chi connectivity index (χ1) is 10.8. The van der Waals surface area contributed by atoms with Gasteiger partial charge in [-0.05, 0) is 42.5 Å². The number of halogens is 4. The minimum Gasteiger partial charge on any atom is -0.314 e. The average Bonchev–Trinajstić information content (AvgIpc) is 2.47. The smallest absolute Gasteiger partial charge is 0.314 e. The first kappa shape index (κ1) is 18.2. The van der Waals surface area contributed by atoms with Crippen molar-refractivity contribution < 1.29 is 17.6 Å². The summed E-state index contributed by atoms with van der Waals surface area (Å²) in [7, 11) is 0. The lowest BCUT2D eigenvalue weighted by atomic mass is 9.92. The SMILES string of the molecule is CC(C)CC[C@@H](c1cc(F)ccc1C(F)(F)F)N1CCNCC1. The van der Waals surface area contributed by atoms with Crippen molar-refractivity contribution in [1.29, 1.82) is 0 Å². The Labute approximate surface area is 134 Å². The van der Waals surface area contributed by atoms with Crippen LogP contribution >= 0.6 is 0 Å². The molecule has 1 N–H and O–H groups in total. The quantitative estimate of drug-likeness (QED) is 0.812. The van der Waals surface area contributed by atoms with Crippen LogP contribution in [0.2, 0.25) is 0 Å². The van der Waals surface area contributed by atoms with E-state index in [0.29, 0.717) is 25.4 Å². The Bertz CT molecular complexity index is 508. The lowest BCUT2D eigenvalue weighted by Gasteiger charge is -2.36. The van der Waals surface area contributed by atoms with Gasteiger partial charge in [-0.3, -0.25) is 4.90 Å². The highest BCUT2D eigenvalue weighted by molar-refractivity contribution is 5.33. The van der Waals surface area contributed by atoms with Crippen LogP contribution in [-0.4, -0.2) is 31.1 Å². The first-order valence-electron chi connectivity index (χ1n) is 8.10. The molecule has 0 amide bonds. The summed E-state index contributed by atoms with van der Waals surface area (Å²) in [6.45, 7) is 6.94. The average molecular weight is 332 g/mol. The Kier molecular flexibility index (Phi) is 6.03. The largest absolute Gasteiger partial charge is 0.416 e. The van der Waals surface area contributed by atoms with Crippen molar-refractivity contribution in [2.75, 3.05) is 26.2 Å². The number of nitrogens with zero attached hydrogens (tertiary/aromatic N) is 1. The van der Waals surface area contributed by atoms with E-state index in [1.54, 1.807) is 0 Å². The molecule has 1 fully saturated rings. The fraction of sp³-hybridized carbons (Fsp3) is 0.647. The van der Waals surface area contributed by atoms with Gasteiger partial charge in [-0.2, -0.15) is 13.2 Å². The second-order valence-corrected chi connectivity index (χ2v) is 6.50. The number of piperazine rings is 1. The van der Waals surface area contributed by atoms with Crippen LogP contribution in [0.4, 0.5) is 17.6 Å². The van der Waals surface area contributed by atoms with Crippen molar-refractivity contribution in [3.63, 3.8) is 0 Å². The van der Waals surface area contributed by atoms with Crippen LogP contribution in [0.15, 0.2) is 18.2 Å². The van der Waals surface area contributed by atoms with E-state index in [-0.39, 0.29) is 5.56 Å². The molecule has 0 radical (unpaired) electrons. The molecule has 2 nitrogen and oxygen atoms in total. The number of hydrogen-bond donors (Lipinski definition) is 1. The van der Waals surface area contributed by atoms with Gasteiger partial charge in [0.25, 0.3) is 0 Å². The maximum atomic E-state index is 13.7. The summed E-state index contributed by atoms with van der Waals surface area (Å²) >= 11 is 0. The molecule has 1 aromatic carbocycles. The molecule has 1 aliphatic heterocycles. The van der Waals surface area contributed by atoms with Crippen LogP contribution in [0.1, 0.15) is 43.9 Å². The maximum Gasteiger partial charge on any atom is 0.416 e. The fourth-order valence-corrected chi connectivity index (χ4v) is 3.09. The molecule has 0 unspecified atom stereocenters. The Morgan fingerprint density at radius 1 is 1.13 bits per heavy atom. The van der Waals surface area contributed by atoms with Gasteiger partial charge in [-0.25, -0.2) is 4.39 Å². The number of benzene rings is 1. The summed E-state index contributed by atoms with van der Waals surface area (Å²) in [4.78, 5) is 2.04. The van der Waals surface area contributed by atoms with Crippen molar-refractivity contribution >= 4 is 0 Å². The van der Waals surface area contributed by atoms with E-state index >= 15 is 0 Å². The van der Waals surface area contributed by atoms with E-state index in [4.69, 9.17) is 0 Å². The molecule has 1 saturated heterocycles. The fourth-order valence-electron chi connectivity index (χ4n) is 3.09. The third-order valence-electron chi connectivity index (χ3n) is 4.29. The molecule has 130 valence electrons. The summed E-state index contributed by atoms with van der Waals surface area (Å²) in [5, 5.41) is 3.20. The van der Waals surface area contributed by atoms with Crippen molar-refractivity contribution in [1.82, 2.24) is 10.2 Å². The molecule has 0 saturated carbocycles. The lowest BCUT2D eigenvalue weighted by molar-refractivity contribution is -0.138. The van der Waals surface area contributed by atoms with Gasteiger partial charge in [0, 0.05) is 32.2 Å². The monoisotopic (exact) mass is 332 g/mol.